The molecule has 0 aromatic carbocycles. The van der Waals surface area contributed by atoms with Gasteiger partial charge in [-0.2, -0.15) is 0 Å². The molecule has 0 spiro atoms. The number of hydrogen-bond acceptors (Lipinski definition) is 3. The van der Waals surface area contributed by atoms with E-state index in [-0.39, 0.29) is 0 Å². The van der Waals surface area contributed by atoms with Gasteiger partial charge >= 0.3 is 12.3 Å². The highest BCUT2D eigenvalue weighted by Crippen LogP contribution is 2.11. The Hall–Kier alpha value is -1.19. The molecule has 1 N–H and O–H groups in total. The van der Waals surface area contributed by atoms with Crippen LogP contribution in [0.2, 0.25) is 0 Å². The van der Waals surface area contributed by atoms with Gasteiger partial charge in [-0.1, -0.05) is 0 Å². The van der Waals surface area contributed by atoms with E-state index in [4.69, 9.17) is 5.11 Å². The summed E-state index contributed by atoms with van der Waals surface area (Å²) in [4.78, 5) is 9.87. The third kappa shape index (κ3) is 0.726. The molecule has 0 bridgehead atoms. The van der Waals surface area contributed by atoms with E-state index in [9.17, 15) is 4.79 Å². The topological polar surface area (TPSA) is 55.8 Å². The Morgan fingerprint density at radius 2 is 2.00 bits per heavy atom. The lowest BCUT2D eigenvalue weighted by molar-refractivity contribution is -0.146. The van der Waals surface area contributed by atoms with E-state index >= 15 is 0 Å². The minimum atomic E-state index is -1.20. The number of carboxylic acids is 1. The molecule has 1 aliphatic heterocycles. The van der Waals surface area contributed by atoms with Crippen LogP contribution in [0.3, 0.4) is 0 Å². The van der Waals surface area contributed by atoms with Gasteiger partial charge in [0.1, 0.15) is 12.5 Å². The average molecular weight is 115 g/mol. The monoisotopic (exact) mass is 115 g/mol. The summed E-state index contributed by atoms with van der Waals surface area (Å²) in [5, 5.41) is 8.09. The number of hydrogen-bond donors (Lipinski definition) is 1. The molecule has 1 rings (SSSR count). The normalized spacial score (nSPS) is 17.5. The van der Waals surface area contributed by atoms with Crippen LogP contribution in [-0.4, -0.2) is 11.1 Å². The van der Waals surface area contributed by atoms with Gasteiger partial charge in [-0.25, -0.2) is 4.79 Å². The second kappa shape index (κ2) is 1.73. The molecule has 4 nitrogen and oxygen atoms in total. The van der Waals surface area contributed by atoms with E-state index in [1.807, 2.05) is 0 Å². The summed E-state index contributed by atoms with van der Waals surface area (Å²) in [6, 6.07) is 0. The van der Waals surface area contributed by atoms with Crippen molar-refractivity contribution >= 4 is 5.97 Å². The Morgan fingerprint density at radius 3 is 2.25 bits per heavy atom. The molecule has 8 heavy (non-hydrogen) atoms. The first-order chi connectivity index (χ1) is 3.80. The highest BCUT2D eigenvalue weighted by Gasteiger charge is 2.24. The maximum Gasteiger partial charge on any atom is 0.443 e. The van der Waals surface area contributed by atoms with Gasteiger partial charge < -0.3 is 14.6 Å². The van der Waals surface area contributed by atoms with E-state index in [0.717, 1.165) is 12.5 Å². The molecule has 0 fully saturated rings. The number of ether oxygens (including phenoxy) is 2. The molecule has 1 aliphatic rings. The molecule has 43 valence electrons. The molecule has 0 aliphatic carbocycles. The van der Waals surface area contributed by atoms with E-state index in [1.54, 1.807) is 0 Å². The van der Waals surface area contributed by atoms with Crippen molar-refractivity contribution in [2.45, 2.75) is 0 Å². The molecule has 1 heterocycles. The first-order valence-electron chi connectivity index (χ1n) is 1.89. The maximum absolute atomic E-state index is 9.87. The Morgan fingerprint density at radius 1 is 1.50 bits per heavy atom. The molecule has 0 saturated carbocycles. The summed E-state index contributed by atoms with van der Waals surface area (Å²) in [5.74, 6) is -1.20. The van der Waals surface area contributed by atoms with E-state index < -0.39 is 12.3 Å². The van der Waals surface area contributed by atoms with Crippen LogP contribution in [0.1, 0.15) is 0 Å². The maximum atomic E-state index is 9.87. The summed E-state index contributed by atoms with van der Waals surface area (Å²) >= 11 is 0. The van der Waals surface area contributed by atoms with Crippen LogP contribution >= 0.6 is 0 Å². The van der Waals surface area contributed by atoms with E-state index in [0.29, 0.717) is 0 Å². The SMILES string of the molecule is O=C(O)[C]1OC=CO1. The van der Waals surface area contributed by atoms with Crippen LogP contribution in [0, 0.1) is 6.29 Å². The molecule has 0 aromatic heterocycles. The molecule has 4 heteroatoms. The fraction of sp³-hybridized carbons (Fsp3) is 0. The van der Waals surface area contributed by atoms with Gasteiger partial charge in [0.2, 0.25) is 0 Å². The summed E-state index contributed by atoms with van der Waals surface area (Å²) in [5.41, 5.74) is 0. The van der Waals surface area contributed by atoms with Gasteiger partial charge in [-0.3, -0.25) is 0 Å². The Bertz CT molecular complexity index is 120. The van der Waals surface area contributed by atoms with Crippen molar-refractivity contribution in [1.82, 2.24) is 0 Å². The van der Waals surface area contributed by atoms with Crippen molar-refractivity contribution in [3.05, 3.63) is 18.8 Å². The summed E-state index contributed by atoms with van der Waals surface area (Å²) < 4.78 is 8.66. The first kappa shape index (κ1) is 4.96. The first-order valence-corrected chi connectivity index (χ1v) is 1.89. The van der Waals surface area contributed by atoms with Gasteiger partial charge in [0, 0.05) is 0 Å². The average Bonchev–Trinajstić information content (AvgIpc) is 2.12. The second-order valence-corrected chi connectivity index (χ2v) is 1.10. The highest BCUT2D eigenvalue weighted by atomic mass is 16.7. The van der Waals surface area contributed by atoms with Crippen LogP contribution in [0.15, 0.2) is 12.5 Å². The highest BCUT2D eigenvalue weighted by molar-refractivity contribution is 5.78. The quantitative estimate of drug-likeness (QED) is 0.525. The van der Waals surface area contributed by atoms with Crippen LogP contribution in [0.4, 0.5) is 0 Å². The number of carboxylic acid groups (broad SMARTS) is 1. The van der Waals surface area contributed by atoms with Crippen LogP contribution < -0.4 is 0 Å². The van der Waals surface area contributed by atoms with Crippen molar-refractivity contribution in [3.63, 3.8) is 0 Å². The van der Waals surface area contributed by atoms with Gasteiger partial charge in [-0.15, -0.1) is 0 Å². The zero-order chi connectivity index (χ0) is 5.98. The van der Waals surface area contributed by atoms with Gasteiger partial charge in [-0.05, 0) is 0 Å². The van der Waals surface area contributed by atoms with Crippen molar-refractivity contribution in [1.29, 1.82) is 0 Å². The van der Waals surface area contributed by atoms with Crippen LogP contribution in [-0.2, 0) is 14.3 Å². The summed E-state index contributed by atoms with van der Waals surface area (Å²) in [6.45, 7) is 0. The number of carbonyl (C=O) groups is 1. The smallest absolute Gasteiger partial charge is 0.443 e. The third-order valence-electron chi connectivity index (χ3n) is 0.580. The van der Waals surface area contributed by atoms with Crippen molar-refractivity contribution in [2.24, 2.45) is 0 Å². The lowest BCUT2D eigenvalue weighted by Gasteiger charge is -1.97. The van der Waals surface area contributed by atoms with Crippen LogP contribution in [0.25, 0.3) is 0 Å². The van der Waals surface area contributed by atoms with E-state index in [2.05, 4.69) is 9.47 Å². The zero-order valence-corrected chi connectivity index (χ0v) is 3.83. The molecule has 0 atom stereocenters. The Kier molecular flexibility index (Phi) is 1.07. The largest absolute Gasteiger partial charge is 0.475 e. The molecule has 0 aromatic rings. The third-order valence-corrected chi connectivity index (χ3v) is 0.580. The standard InChI is InChI=1S/C4H3O4/c5-3(6)4-7-1-2-8-4/h1-2H,(H,5,6). The lowest BCUT2D eigenvalue weighted by Crippen LogP contribution is -2.09. The Labute approximate surface area is 45.3 Å². The second-order valence-electron chi connectivity index (χ2n) is 1.10. The van der Waals surface area contributed by atoms with Crippen LogP contribution in [0.5, 0.6) is 0 Å². The van der Waals surface area contributed by atoms with E-state index in [1.165, 1.54) is 0 Å². The van der Waals surface area contributed by atoms with Crippen molar-refractivity contribution in [3.8, 4) is 0 Å². The van der Waals surface area contributed by atoms with Gasteiger partial charge in [0.15, 0.2) is 0 Å². The number of aliphatic carboxylic acids is 1. The van der Waals surface area contributed by atoms with Gasteiger partial charge in [0.05, 0.1) is 0 Å². The molecule has 1 radical (unpaired) electrons. The van der Waals surface area contributed by atoms with Crippen molar-refractivity contribution < 1.29 is 19.4 Å². The molecular formula is C4H3O4. The zero-order valence-electron chi connectivity index (χ0n) is 3.83. The minimum Gasteiger partial charge on any atom is -0.475 e. The van der Waals surface area contributed by atoms with Gasteiger partial charge in [0.25, 0.3) is 0 Å². The Balaban J connectivity index is 2.41. The molecular weight excluding hydrogens is 112 g/mol. The molecule has 0 unspecified atom stereocenters. The lowest BCUT2D eigenvalue weighted by atomic mass is 10.7. The number of rotatable bonds is 1. The fourth-order valence-corrected chi connectivity index (χ4v) is 0.308. The fourth-order valence-electron chi connectivity index (χ4n) is 0.308. The molecule has 0 saturated heterocycles. The summed E-state index contributed by atoms with van der Waals surface area (Å²) in [7, 11) is 0. The van der Waals surface area contributed by atoms with Crippen molar-refractivity contribution in [2.75, 3.05) is 0 Å². The predicted molar refractivity (Wildman–Crippen MR) is 22.2 cm³/mol. The molecule has 0 amide bonds. The minimum absolute atomic E-state index is 0.398. The summed E-state index contributed by atoms with van der Waals surface area (Å²) in [6.07, 6.45) is 1.91. The predicted octanol–water partition coefficient (Wildman–Crippen LogP) is 0.0785.